The molecule has 1 aliphatic rings. The van der Waals surface area contributed by atoms with Gasteiger partial charge in [0.05, 0.1) is 43.2 Å². The van der Waals surface area contributed by atoms with E-state index in [1.165, 1.54) is 4.90 Å². The third kappa shape index (κ3) is 3.99. The van der Waals surface area contributed by atoms with Gasteiger partial charge in [-0.3, -0.25) is 9.78 Å². The quantitative estimate of drug-likeness (QED) is 0.807. The summed E-state index contributed by atoms with van der Waals surface area (Å²) < 4.78 is 10.3. The van der Waals surface area contributed by atoms with E-state index >= 15 is 0 Å². The van der Waals surface area contributed by atoms with Crippen molar-refractivity contribution >= 4 is 11.9 Å². The molecule has 0 saturated carbocycles. The Bertz CT molecular complexity index is 839. The van der Waals surface area contributed by atoms with E-state index in [1.807, 2.05) is 0 Å². The zero-order valence-electron chi connectivity index (χ0n) is 15.3. The maximum Gasteiger partial charge on any atom is 0.340 e. The molecule has 142 valence electrons. The molecule has 7 heteroatoms. The summed E-state index contributed by atoms with van der Waals surface area (Å²) in [5.74, 6) is -0.694. The van der Waals surface area contributed by atoms with Gasteiger partial charge in [0.25, 0.3) is 5.91 Å². The van der Waals surface area contributed by atoms with Crippen molar-refractivity contribution in [3.63, 3.8) is 0 Å². The van der Waals surface area contributed by atoms with Crippen molar-refractivity contribution in [1.82, 2.24) is 9.88 Å². The van der Waals surface area contributed by atoms with Gasteiger partial charge in [0.1, 0.15) is 0 Å². The van der Waals surface area contributed by atoms with E-state index in [0.29, 0.717) is 29.0 Å². The van der Waals surface area contributed by atoms with E-state index in [1.54, 1.807) is 56.6 Å². The van der Waals surface area contributed by atoms with Crippen molar-refractivity contribution < 1.29 is 24.2 Å². The van der Waals surface area contributed by atoms with Crippen LogP contribution < -0.4 is 0 Å². The Labute approximate surface area is 157 Å². The number of carbonyl (C=O) groups excluding carboxylic acids is 2. The monoisotopic (exact) mass is 370 g/mol. The lowest BCUT2D eigenvalue weighted by molar-refractivity contribution is 0.0526. The number of esters is 1. The van der Waals surface area contributed by atoms with Crippen molar-refractivity contribution in [1.29, 1.82) is 0 Å². The van der Waals surface area contributed by atoms with Gasteiger partial charge in [-0.2, -0.15) is 0 Å². The van der Waals surface area contributed by atoms with Crippen LogP contribution in [0, 0.1) is 0 Å². The predicted octanol–water partition coefficient (Wildman–Crippen LogP) is 1.76. The molecule has 2 heterocycles. The number of aromatic nitrogens is 1. The fourth-order valence-corrected chi connectivity index (χ4v) is 3.06. The SMILES string of the molecule is CCOC(=O)c1cccnc1-c1cccc(C(=O)N(C)[C@H]2COC[C@@H]2O)c1. The van der Waals surface area contributed by atoms with Gasteiger partial charge < -0.3 is 19.5 Å². The van der Waals surface area contributed by atoms with Crippen LogP contribution in [0.1, 0.15) is 27.6 Å². The minimum Gasteiger partial charge on any atom is -0.462 e. The van der Waals surface area contributed by atoms with Gasteiger partial charge in [-0.15, -0.1) is 0 Å². The molecule has 1 aliphatic heterocycles. The number of benzene rings is 1. The Kier molecular flexibility index (Phi) is 5.83. The summed E-state index contributed by atoms with van der Waals surface area (Å²) in [5, 5.41) is 9.96. The lowest BCUT2D eigenvalue weighted by Crippen LogP contribution is -2.44. The van der Waals surface area contributed by atoms with Gasteiger partial charge in [-0.25, -0.2) is 4.79 Å². The van der Waals surface area contributed by atoms with E-state index in [-0.39, 0.29) is 25.2 Å². The number of rotatable bonds is 5. The van der Waals surface area contributed by atoms with Gasteiger partial charge >= 0.3 is 5.97 Å². The van der Waals surface area contributed by atoms with Crippen LogP contribution in [-0.2, 0) is 9.47 Å². The first-order valence-electron chi connectivity index (χ1n) is 8.78. The summed E-state index contributed by atoms with van der Waals surface area (Å²) >= 11 is 0. The second-order valence-electron chi connectivity index (χ2n) is 6.29. The Morgan fingerprint density at radius 2 is 2.11 bits per heavy atom. The van der Waals surface area contributed by atoms with Crippen LogP contribution >= 0.6 is 0 Å². The van der Waals surface area contributed by atoms with Crippen LogP contribution in [0.2, 0.25) is 0 Å². The molecular weight excluding hydrogens is 348 g/mol. The molecule has 1 fully saturated rings. The highest BCUT2D eigenvalue weighted by Crippen LogP contribution is 2.24. The van der Waals surface area contributed by atoms with Crippen LogP contribution in [0.4, 0.5) is 0 Å². The summed E-state index contributed by atoms with van der Waals surface area (Å²) in [6.45, 7) is 2.53. The molecule has 0 bridgehead atoms. The summed E-state index contributed by atoms with van der Waals surface area (Å²) in [6, 6.07) is 9.83. The number of aliphatic hydroxyl groups is 1. The molecule has 0 spiro atoms. The summed E-state index contributed by atoms with van der Waals surface area (Å²) in [4.78, 5) is 30.8. The molecule has 1 aromatic heterocycles. The molecule has 0 radical (unpaired) electrons. The van der Waals surface area contributed by atoms with Crippen LogP contribution in [0.25, 0.3) is 11.3 Å². The summed E-state index contributed by atoms with van der Waals surface area (Å²) in [6.07, 6.45) is 0.888. The van der Waals surface area contributed by atoms with Gasteiger partial charge in [0.2, 0.25) is 0 Å². The van der Waals surface area contributed by atoms with Crippen LogP contribution in [0.3, 0.4) is 0 Å². The minimum absolute atomic E-state index is 0.221. The molecule has 1 saturated heterocycles. The number of amides is 1. The second kappa shape index (κ2) is 8.28. The largest absolute Gasteiger partial charge is 0.462 e. The minimum atomic E-state index is -0.701. The van der Waals surface area contributed by atoms with E-state index < -0.39 is 12.1 Å². The Balaban J connectivity index is 1.90. The van der Waals surface area contributed by atoms with Gasteiger partial charge in [-0.1, -0.05) is 12.1 Å². The predicted molar refractivity (Wildman–Crippen MR) is 98.3 cm³/mol. The van der Waals surface area contributed by atoms with E-state index in [9.17, 15) is 14.7 Å². The molecule has 0 aliphatic carbocycles. The third-order valence-electron chi connectivity index (χ3n) is 4.53. The number of likely N-dealkylation sites (N-methyl/N-ethyl adjacent to an activating group) is 1. The van der Waals surface area contributed by atoms with E-state index in [0.717, 1.165) is 0 Å². The Hall–Kier alpha value is -2.77. The first kappa shape index (κ1) is 19.0. The average molecular weight is 370 g/mol. The zero-order valence-corrected chi connectivity index (χ0v) is 15.3. The average Bonchev–Trinajstić information content (AvgIpc) is 3.13. The number of carbonyl (C=O) groups is 2. The third-order valence-corrected chi connectivity index (χ3v) is 4.53. The van der Waals surface area contributed by atoms with Gasteiger partial charge in [0.15, 0.2) is 0 Å². The molecule has 1 aromatic carbocycles. The highest BCUT2D eigenvalue weighted by atomic mass is 16.5. The first-order valence-corrected chi connectivity index (χ1v) is 8.78. The molecule has 27 heavy (non-hydrogen) atoms. The molecular formula is C20H22N2O5. The van der Waals surface area contributed by atoms with Crippen LogP contribution in [0.15, 0.2) is 42.6 Å². The summed E-state index contributed by atoms with van der Waals surface area (Å²) in [7, 11) is 1.64. The number of pyridine rings is 1. The van der Waals surface area contributed by atoms with Crippen molar-refractivity contribution in [2.75, 3.05) is 26.9 Å². The lowest BCUT2D eigenvalue weighted by Gasteiger charge is -2.25. The molecule has 2 atom stereocenters. The maximum atomic E-state index is 12.8. The highest BCUT2D eigenvalue weighted by Gasteiger charge is 2.32. The number of aliphatic hydroxyl groups excluding tert-OH is 1. The molecule has 7 nitrogen and oxygen atoms in total. The fourth-order valence-electron chi connectivity index (χ4n) is 3.06. The van der Waals surface area contributed by atoms with Crippen molar-refractivity contribution in [3.05, 3.63) is 53.7 Å². The molecule has 0 unspecified atom stereocenters. The van der Waals surface area contributed by atoms with E-state index in [4.69, 9.17) is 9.47 Å². The van der Waals surface area contributed by atoms with Gasteiger partial charge in [0, 0.05) is 24.4 Å². The maximum absolute atomic E-state index is 12.8. The molecule has 2 aromatic rings. The smallest absolute Gasteiger partial charge is 0.340 e. The lowest BCUT2D eigenvalue weighted by atomic mass is 10.0. The number of nitrogens with zero attached hydrogens (tertiary/aromatic N) is 2. The number of ether oxygens (including phenoxy) is 2. The zero-order chi connectivity index (χ0) is 19.4. The summed E-state index contributed by atoms with van der Waals surface area (Å²) in [5.41, 5.74) is 1.88. The fraction of sp³-hybridized carbons (Fsp3) is 0.350. The molecule has 3 rings (SSSR count). The number of hydrogen-bond acceptors (Lipinski definition) is 6. The van der Waals surface area contributed by atoms with Crippen LogP contribution in [-0.4, -0.2) is 65.9 Å². The first-order chi connectivity index (χ1) is 13.0. The normalized spacial score (nSPS) is 18.9. The second-order valence-corrected chi connectivity index (χ2v) is 6.29. The molecule has 1 N–H and O–H groups in total. The van der Waals surface area contributed by atoms with Crippen molar-refractivity contribution in [3.8, 4) is 11.3 Å². The molecule has 1 amide bonds. The Morgan fingerprint density at radius 1 is 1.30 bits per heavy atom. The number of hydrogen-bond donors (Lipinski definition) is 1. The van der Waals surface area contributed by atoms with E-state index in [2.05, 4.69) is 4.98 Å². The topological polar surface area (TPSA) is 89.0 Å². The standard InChI is InChI=1S/C20H22N2O5/c1-3-27-20(25)15-8-5-9-21-18(15)13-6-4-7-14(10-13)19(24)22(2)16-11-26-12-17(16)23/h4-10,16-17,23H,3,11-12H2,1-2H3/t16-,17-/m0/s1. The van der Waals surface area contributed by atoms with Crippen LogP contribution in [0.5, 0.6) is 0 Å². The highest BCUT2D eigenvalue weighted by molar-refractivity contribution is 5.98. The Morgan fingerprint density at radius 3 is 2.81 bits per heavy atom. The van der Waals surface area contributed by atoms with Crippen molar-refractivity contribution in [2.45, 2.75) is 19.1 Å². The van der Waals surface area contributed by atoms with Crippen molar-refractivity contribution in [2.24, 2.45) is 0 Å². The van der Waals surface area contributed by atoms with Gasteiger partial charge in [-0.05, 0) is 31.2 Å².